The van der Waals surface area contributed by atoms with Crippen LogP contribution in [0.5, 0.6) is 5.75 Å². The number of alkyl halides is 3. The highest BCUT2D eigenvalue weighted by Crippen LogP contribution is 2.30. The maximum atomic E-state index is 12.9. The zero-order chi connectivity index (χ0) is 28.9. The van der Waals surface area contributed by atoms with Gasteiger partial charge >= 0.3 is 12.1 Å². The number of benzene rings is 2. The molecular weight excluding hydrogens is 529 g/mol. The number of carbonyl (C=O) groups is 3. The average molecular weight is 559 g/mol. The van der Waals surface area contributed by atoms with Gasteiger partial charge in [-0.05, 0) is 63.1 Å². The topological polar surface area (TPSA) is 95.9 Å². The first-order valence-corrected chi connectivity index (χ1v) is 12.7. The van der Waals surface area contributed by atoms with Gasteiger partial charge in [0.15, 0.2) is 13.2 Å². The zero-order valence-electron chi connectivity index (χ0n) is 22.0. The van der Waals surface area contributed by atoms with Crippen LogP contribution in [0.2, 0.25) is 0 Å². The van der Waals surface area contributed by atoms with Crippen molar-refractivity contribution in [2.75, 3.05) is 25.1 Å². The standard InChI is InChI=1S/C29H29F3N2O6/c1-18-13-24(19(2)34(18)15-22-9-6-12-38-22)25(35)16-40-28(37)23-10-3-4-11-26(23)39-17-27(36)33-21-8-5-7-20(14-21)29(30,31)32/h3-5,7-8,10-11,13-14,22H,6,9,12,15-17H2,1-2H3,(H,33,36). The van der Waals surface area contributed by atoms with Crippen LogP contribution in [0.4, 0.5) is 18.9 Å². The van der Waals surface area contributed by atoms with Crippen LogP contribution >= 0.6 is 0 Å². The molecule has 8 nitrogen and oxygen atoms in total. The number of hydrogen-bond donors (Lipinski definition) is 1. The molecule has 0 bridgehead atoms. The molecule has 0 radical (unpaired) electrons. The van der Waals surface area contributed by atoms with E-state index < -0.39 is 36.8 Å². The lowest BCUT2D eigenvalue weighted by Gasteiger charge is -2.15. The average Bonchev–Trinajstić information content (AvgIpc) is 3.54. The highest BCUT2D eigenvalue weighted by molar-refractivity contribution is 6.01. The van der Waals surface area contributed by atoms with Crippen molar-refractivity contribution in [1.82, 2.24) is 4.57 Å². The molecule has 1 amide bonds. The maximum absolute atomic E-state index is 12.9. The first kappa shape index (κ1) is 28.9. The van der Waals surface area contributed by atoms with Gasteiger partial charge in [-0.15, -0.1) is 0 Å². The summed E-state index contributed by atoms with van der Waals surface area (Å²) in [6.07, 6.45) is -2.47. The minimum Gasteiger partial charge on any atom is -0.483 e. The monoisotopic (exact) mass is 558 g/mol. The van der Waals surface area contributed by atoms with Crippen molar-refractivity contribution in [3.05, 3.63) is 82.7 Å². The molecule has 1 fully saturated rings. The van der Waals surface area contributed by atoms with E-state index in [1.165, 1.54) is 24.3 Å². The Bertz CT molecular complexity index is 1390. The molecule has 0 saturated carbocycles. The second kappa shape index (κ2) is 12.4. The van der Waals surface area contributed by atoms with Crippen molar-refractivity contribution in [3.63, 3.8) is 0 Å². The van der Waals surface area contributed by atoms with Crippen LogP contribution in [0.3, 0.4) is 0 Å². The number of esters is 1. The Hall–Kier alpha value is -4.12. The lowest BCUT2D eigenvalue weighted by molar-refractivity contribution is -0.137. The number of ether oxygens (including phenoxy) is 3. The van der Waals surface area contributed by atoms with E-state index in [1.807, 2.05) is 18.4 Å². The normalized spacial score (nSPS) is 15.1. The highest BCUT2D eigenvalue weighted by atomic mass is 19.4. The van der Waals surface area contributed by atoms with Gasteiger partial charge in [0.25, 0.3) is 5.91 Å². The predicted molar refractivity (Wildman–Crippen MR) is 140 cm³/mol. The molecule has 1 aromatic heterocycles. The molecule has 1 unspecified atom stereocenters. The van der Waals surface area contributed by atoms with Crippen molar-refractivity contribution in [3.8, 4) is 5.75 Å². The number of rotatable bonds is 10. The number of nitrogens with one attached hydrogen (secondary N) is 1. The number of para-hydroxylation sites is 1. The molecule has 4 rings (SSSR count). The van der Waals surface area contributed by atoms with E-state index in [-0.39, 0.29) is 28.9 Å². The molecule has 11 heteroatoms. The van der Waals surface area contributed by atoms with Crippen LogP contribution in [0.15, 0.2) is 54.6 Å². The summed E-state index contributed by atoms with van der Waals surface area (Å²) in [4.78, 5) is 37.9. The Morgan fingerprint density at radius 2 is 1.80 bits per heavy atom. The molecule has 0 aliphatic carbocycles. The van der Waals surface area contributed by atoms with Gasteiger partial charge in [0.2, 0.25) is 5.78 Å². The number of anilines is 1. The minimum absolute atomic E-state index is 0.00831. The third-order valence-electron chi connectivity index (χ3n) is 6.56. The van der Waals surface area contributed by atoms with Crippen LogP contribution in [-0.4, -0.2) is 48.2 Å². The van der Waals surface area contributed by atoms with Crippen molar-refractivity contribution in [1.29, 1.82) is 0 Å². The summed E-state index contributed by atoms with van der Waals surface area (Å²) in [6.45, 7) is 4.06. The largest absolute Gasteiger partial charge is 0.483 e. The summed E-state index contributed by atoms with van der Waals surface area (Å²) in [6, 6.07) is 11.9. The Balaban J connectivity index is 1.34. The van der Waals surface area contributed by atoms with E-state index in [2.05, 4.69) is 5.32 Å². The molecule has 1 atom stereocenters. The van der Waals surface area contributed by atoms with Crippen LogP contribution in [0, 0.1) is 13.8 Å². The molecule has 1 aliphatic rings. The molecular formula is C29H29F3N2O6. The lowest BCUT2D eigenvalue weighted by Crippen LogP contribution is -2.22. The quantitative estimate of drug-likeness (QED) is 0.266. The van der Waals surface area contributed by atoms with E-state index in [0.29, 0.717) is 12.1 Å². The van der Waals surface area contributed by atoms with Crippen molar-refractivity contribution in [2.45, 2.75) is 45.5 Å². The molecule has 1 saturated heterocycles. The molecule has 1 N–H and O–H groups in total. The van der Waals surface area contributed by atoms with E-state index in [4.69, 9.17) is 14.2 Å². The van der Waals surface area contributed by atoms with Crippen LogP contribution in [0.1, 0.15) is 50.5 Å². The summed E-state index contributed by atoms with van der Waals surface area (Å²) in [5.74, 6) is -1.89. The fraction of sp³-hybridized carbons (Fsp3) is 0.345. The molecule has 2 heterocycles. The van der Waals surface area contributed by atoms with E-state index in [9.17, 15) is 27.6 Å². The minimum atomic E-state index is -4.55. The van der Waals surface area contributed by atoms with Gasteiger partial charge < -0.3 is 24.1 Å². The fourth-order valence-electron chi connectivity index (χ4n) is 4.52. The third-order valence-corrected chi connectivity index (χ3v) is 6.56. The molecule has 3 aromatic rings. The van der Waals surface area contributed by atoms with Gasteiger partial charge in [-0.25, -0.2) is 4.79 Å². The van der Waals surface area contributed by atoms with E-state index >= 15 is 0 Å². The number of Topliss-reactive ketones (excluding diaryl/α,β-unsaturated/α-hetero) is 1. The predicted octanol–water partition coefficient (Wildman–Crippen LogP) is 5.36. The second-order valence-corrected chi connectivity index (χ2v) is 9.44. The zero-order valence-corrected chi connectivity index (χ0v) is 22.0. The number of hydrogen-bond acceptors (Lipinski definition) is 6. The number of halogens is 3. The van der Waals surface area contributed by atoms with Gasteiger partial charge in [0.1, 0.15) is 11.3 Å². The number of carbonyl (C=O) groups excluding carboxylic acids is 3. The van der Waals surface area contributed by atoms with Gasteiger partial charge in [-0.1, -0.05) is 18.2 Å². The molecule has 1 aliphatic heterocycles. The van der Waals surface area contributed by atoms with Gasteiger partial charge in [-0.2, -0.15) is 13.2 Å². The maximum Gasteiger partial charge on any atom is 0.416 e. The number of aryl methyl sites for hydroxylation is 1. The van der Waals surface area contributed by atoms with Crippen LogP contribution < -0.4 is 10.1 Å². The van der Waals surface area contributed by atoms with Crippen molar-refractivity contribution >= 4 is 23.3 Å². The number of aromatic nitrogens is 1. The summed E-state index contributed by atoms with van der Waals surface area (Å²) in [5.41, 5.74) is 1.17. The first-order chi connectivity index (χ1) is 19.0. The lowest BCUT2D eigenvalue weighted by atomic mass is 10.1. The van der Waals surface area contributed by atoms with Crippen molar-refractivity contribution < 1.29 is 41.8 Å². The SMILES string of the molecule is Cc1cc(C(=O)COC(=O)c2ccccc2OCC(=O)Nc2cccc(C(F)(F)F)c2)c(C)n1CC1CCCO1. The Labute approximate surface area is 229 Å². The number of nitrogens with zero attached hydrogens (tertiary/aromatic N) is 1. The summed E-state index contributed by atoms with van der Waals surface area (Å²) in [7, 11) is 0. The summed E-state index contributed by atoms with van der Waals surface area (Å²) in [5, 5.41) is 2.33. The Morgan fingerprint density at radius 1 is 1.02 bits per heavy atom. The van der Waals surface area contributed by atoms with Crippen LogP contribution in [-0.2, 0) is 27.0 Å². The molecule has 0 spiro atoms. The molecule has 40 heavy (non-hydrogen) atoms. The number of ketones is 1. The second-order valence-electron chi connectivity index (χ2n) is 9.44. The fourth-order valence-corrected chi connectivity index (χ4v) is 4.52. The van der Waals surface area contributed by atoms with Crippen molar-refractivity contribution in [2.24, 2.45) is 0 Å². The Morgan fingerprint density at radius 3 is 2.52 bits per heavy atom. The van der Waals surface area contributed by atoms with E-state index in [1.54, 1.807) is 18.2 Å². The first-order valence-electron chi connectivity index (χ1n) is 12.7. The molecule has 212 valence electrons. The van der Waals surface area contributed by atoms with Gasteiger partial charge in [0.05, 0.1) is 11.7 Å². The number of amides is 1. The van der Waals surface area contributed by atoms with E-state index in [0.717, 1.165) is 43.0 Å². The van der Waals surface area contributed by atoms with Gasteiger partial charge in [0, 0.05) is 35.8 Å². The third kappa shape index (κ3) is 7.09. The van der Waals surface area contributed by atoms with Crippen LogP contribution in [0.25, 0.3) is 0 Å². The smallest absolute Gasteiger partial charge is 0.416 e. The highest BCUT2D eigenvalue weighted by Gasteiger charge is 2.30. The Kier molecular flexibility index (Phi) is 8.93. The van der Waals surface area contributed by atoms with Gasteiger partial charge in [-0.3, -0.25) is 9.59 Å². The summed E-state index contributed by atoms with van der Waals surface area (Å²) >= 11 is 0. The summed E-state index contributed by atoms with van der Waals surface area (Å²) < 4.78 is 57.2. The molecule has 2 aromatic carbocycles.